The van der Waals surface area contributed by atoms with E-state index in [9.17, 15) is 9.59 Å². The first-order valence-corrected chi connectivity index (χ1v) is 8.19. The van der Waals surface area contributed by atoms with Gasteiger partial charge in [0.05, 0.1) is 5.92 Å². The molecule has 2 heterocycles. The first-order valence-electron chi connectivity index (χ1n) is 7.81. The van der Waals surface area contributed by atoms with Crippen molar-refractivity contribution in [1.29, 1.82) is 0 Å². The van der Waals surface area contributed by atoms with Crippen LogP contribution in [0.1, 0.15) is 17.5 Å². The highest BCUT2D eigenvalue weighted by molar-refractivity contribution is 6.31. The number of aromatic nitrogens is 1. The normalized spacial score (nSPS) is 17.1. The first-order chi connectivity index (χ1) is 11.6. The van der Waals surface area contributed by atoms with Crippen LogP contribution in [-0.4, -0.2) is 28.2 Å². The number of benzene rings is 1. The minimum Gasteiger partial charge on any atom is -0.352 e. The van der Waals surface area contributed by atoms with Gasteiger partial charge in [-0.1, -0.05) is 29.8 Å². The number of likely N-dealkylation sites (tertiary alicyclic amines) is 1. The highest BCUT2D eigenvalue weighted by atomic mass is 35.5. The maximum absolute atomic E-state index is 12.3. The van der Waals surface area contributed by atoms with Crippen LogP contribution in [0.25, 0.3) is 0 Å². The van der Waals surface area contributed by atoms with Crippen LogP contribution in [-0.2, 0) is 22.7 Å². The summed E-state index contributed by atoms with van der Waals surface area (Å²) in [5, 5.41) is 3.52. The van der Waals surface area contributed by atoms with Crippen LogP contribution in [0, 0.1) is 5.92 Å². The number of amides is 2. The Morgan fingerprint density at radius 1 is 1.25 bits per heavy atom. The molecule has 0 bridgehead atoms. The molecule has 0 spiro atoms. The van der Waals surface area contributed by atoms with Gasteiger partial charge in [-0.15, -0.1) is 0 Å². The van der Waals surface area contributed by atoms with E-state index < -0.39 is 0 Å². The smallest absolute Gasteiger partial charge is 0.225 e. The zero-order valence-corrected chi connectivity index (χ0v) is 13.9. The Labute approximate surface area is 145 Å². The molecule has 124 valence electrons. The zero-order chi connectivity index (χ0) is 16.9. The van der Waals surface area contributed by atoms with Crippen molar-refractivity contribution < 1.29 is 9.59 Å². The fourth-order valence-corrected chi connectivity index (χ4v) is 2.96. The third kappa shape index (κ3) is 3.92. The Bertz CT molecular complexity index is 736. The van der Waals surface area contributed by atoms with E-state index in [4.69, 9.17) is 11.6 Å². The summed E-state index contributed by atoms with van der Waals surface area (Å²) < 4.78 is 0. The summed E-state index contributed by atoms with van der Waals surface area (Å²) in [6, 6.07) is 11.1. The van der Waals surface area contributed by atoms with Gasteiger partial charge in [0.25, 0.3) is 0 Å². The number of halogens is 1. The molecule has 1 aliphatic heterocycles. The molecule has 3 rings (SSSR count). The highest BCUT2D eigenvalue weighted by Crippen LogP contribution is 2.23. The van der Waals surface area contributed by atoms with E-state index in [1.807, 2.05) is 30.3 Å². The number of hydrogen-bond donors (Lipinski definition) is 1. The number of carbonyl (C=O) groups is 2. The fourth-order valence-electron chi connectivity index (χ4n) is 2.77. The Morgan fingerprint density at radius 2 is 2.00 bits per heavy atom. The van der Waals surface area contributed by atoms with Gasteiger partial charge in [0.15, 0.2) is 0 Å². The molecular weight excluding hydrogens is 326 g/mol. The lowest BCUT2D eigenvalue weighted by Crippen LogP contribution is -2.32. The topological polar surface area (TPSA) is 62.3 Å². The van der Waals surface area contributed by atoms with E-state index in [1.54, 1.807) is 23.4 Å². The first kappa shape index (κ1) is 16.5. The van der Waals surface area contributed by atoms with E-state index >= 15 is 0 Å². The van der Waals surface area contributed by atoms with Crippen molar-refractivity contribution >= 4 is 23.4 Å². The predicted octanol–water partition coefficient (Wildman–Crippen LogP) is 2.40. The summed E-state index contributed by atoms with van der Waals surface area (Å²) >= 11 is 6.14. The van der Waals surface area contributed by atoms with Gasteiger partial charge in [-0.05, 0) is 29.3 Å². The van der Waals surface area contributed by atoms with E-state index in [0.29, 0.717) is 24.7 Å². The van der Waals surface area contributed by atoms with Gasteiger partial charge in [0.2, 0.25) is 11.8 Å². The standard InChI is InChI=1S/C18H18ClN3O2/c19-16-4-2-1-3-14(16)11-22-12-15(9-17(22)23)18(24)21-10-13-5-7-20-8-6-13/h1-8,15H,9-12H2,(H,21,24)/t15-/m0/s1. The van der Waals surface area contributed by atoms with Crippen molar-refractivity contribution in [1.82, 2.24) is 15.2 Å². The van der Waals surface area contributed by atoms with Gasteiger partial charge in [-0.2, -0.15) is 0 Å². The zero-order valence-electron chi connectivity index (χ0n) is 13.1. The van der Waals surface area contributed by atoms with E-state index in [0.717, 1.165) is 11.1 Å². The summed E-state index contributed by atoms with van der Waals surface area (Å²) in [5.74, 6) is -0.428. The van der Waals surface area contributed by atoms with Crippen molar-refractivity contribution in [2.45, 2.75) is 19.5 Å². The molecule has 0 radical (unpaired) electrons. The third-order valence-electron chi connectivity index (χ3n) is 4.12. The monoisotopic (exact) mass is 343 g/mol. The SMILES string of the molecule is O=C(NCc1ccncc1)[C@H]1CC(=O)N(Cc2ccccc2Cl)C1. The van der Waals surface area contributed by atoms with Crippen molar-refractivity contribution in [2.75, 3.05) is 6.54 Å². The number of nitrogens with zero attached hydrogens (tertiary/aromatic N) is 2. The minimum absolute atomic E-state index is 0.0148. The molecule has 0 unspecified atom stereocenters. The molecule has 5 nitrogen and oxygen atoms in total. The van der Waals surface area contributed by atoms with Gasteiger partial charge in [-0.25, -0.2) is 0 Å². The lowest BCUT2D eigenvalue weighted by Gasteiger charge is -2.17. The second-order valence-electron chi connectivity index (χ2n) is 5.84. The summed E-state index contributed by atoms with van der Waals surface area (Å²) in [4.78, 5) is 30.1. The van der Waals surface area contributed by atoms with Gasteiger partial charge in [0, 0.05) is 43.5 Å². The average Bonchev–Trinajstić information content (AvgIpc) is 2.96. The van der Waals surface area contributed by atoms with Crippen LogP contribution in [0.2, 0.25) is 5.02 Å². The molecule has 1 aromatic carbocycles. The molecule has 1 aliphatic rings. The van der Waals surface area contributed by atoms with Crippen molar-refractivity contribution in [3.8, 4) is 0 Å². The Morgan fingerprint density at radius 3 is 2.75 bits per heavy atom. The van der Waals surface area contributed by atoms with E-state index in [1.165, 1.54) is 0 Å². The minimum atomic E-state index is -0.318. The molecule has 1 atom stereocenters. The molecule has 1 fully saturated rings. The molecule has 1 aromatic heterocycles. The molecule has 2 amide bonds. The maximum atomic E-state index is 12.3. The third-order valence-corrected chi connectivity index (χ3v) is 4.49. The van der Waals surface area contributed by atoms with Crippen LogP contribution < -0.4 is 5.32 Å². The average molecular weight is 344 g/mol. The second-order valence-corrected chi connectivity index (χ2v) is 6.25. The lowest BCUT2D eigenvalue weighted by molar-refractivity contribution is -0.129. The Kier molecular flexibility index (Phi) is 5.11. The van der Waals surface area contributed by atoms with Crippen LogP contribution in [0.4, 0.5) is 0 Å². The summed E-state index contributed by atoms with van der Waals surface area (Å²) in [5.41, 5.74) is 1.88. The van der Waals surface area contributed by atoms with Crippen molar-refractivity contribution in [3.63, 3.8) is 0 Å². The molecule has 2 aromatic rings. The van der Waals surface area contributed by atoms with Gasteiger partial charge in [0.1, 0.15) is 0 Å². The Balaban J connectivity index is 1.56. The van der Waals surface area contributed by atoms with Gasteiger partial charge >= 0.3 is 0 Å². The molecule has 1 N–H and O–H groups in total. The Hall–Kier alpha value is -2.40. The largest absolute Gasteiger partial charge is 0.352 e. The molecule has 0 aliphatic carbocycles. The van der Waals surface area contributed by atoms with E-state index in [2.05, 4.69) is 10.3 Å². The number of hydrogen-bond acceptors (Lipinski definition) is 3. The number of nitrogens with one attached hydrogen (secondary N) is 1. The van der Waals surface area contributed by atoms with Crippen LogP contribution in [0.3, 0.4) is 0 Å². The summed E-state index contributed by atoms with van der Waals surface area (Å²) in [6.45, 7) is 1.30. The molecular formula is C18H18ClN3O2. The summed E-state index contributed by atoms with van der Waals surface area (Å²) in [7, 11) is 0. The molecule has 1 saturated heterocycles. The van der Waals surface area contributed by atoms with E-state index in [-0.39, 0.29) is 24.2 Å². The molecule has 24 heavy (non-hydrogen) atoms. The number of carbonyl (C=O) groups excluding carboxylic acids is 2. The van der Waals surface area contributed by atoms with Crippen LogP contribution in [0.15, 0.2) is 48.8 Å². The highest BCUT2D eigenvalue weighted by Gasteiger charge is 2.34. The quantitative estimate of drug-likeness (QED) is 0.906. The lowest BCUT2D eigenvalue weighted by atomic mass is 10.1. The van der Waals surface area contributed by atoms with Gasteiger partial charge < -0.3 is 10.2 Å². The fraction of sp³-hybridized carbons (Fsp3) is 0.278. The molecule has 0 saturated carbocycles. The summed E-state index contributed by atoms with van der Waals surface area (Å²) in [6.07, 6.45) is 3.62. The number of pyridine rings is 1. The maximum Gasteiger partial charge on any atom is 0.225 e. The second kappa shape index (κ2) is 7.45. The van der Waals surface area contributed by atoms with Crippen molar-refractivity contribution in [3.05, 3.63) is 64.9 Å². The van der Waals surface area contributed by atoms with Crippen LogP contribution in [0.5, 0.6) is 0 Å². The number of rotatable bonds is 5. The van der Waals surface area contributed by atoms with Gasteiger partial charge in [-0.3, -0.25) is 14.6 Å². The van der Waals surface area contributed by atoms with Crippen molar-refractivity contribution in [2.24, 2.45) is 5.92 Å². The molecule has 6 heteroatoms. The van der Waals surface area contributed by atoms with Crippen LogP contribution >= 0.6 is 11.6 Å². The predicted molar refractivity (Wildman–Crippen MR) is 91.1 cm³/mol.